The standard InChI is InChI=1S/C20H18N4O4/c1-12(25)22-14-6-4-5-13(9-14)19(26)24-18(20(27)28)10-15-11-21-16-7-2-3-8-17(16)23-15/h2-9,11,18H,10H2,1H3,(H,22,25)(H,24,26)(H,27,28)/t18-/m0/s1. The van der Waals surface area contributed by atoms with E-state index in [0.717, 1.165) is 0 Å². The number of nitrogens with one attached hydrogen (secondary N) is 2. The molecule has 0 radical (unpaired) electrons. The first-order valence-corrected chi connectivity index (χ1v) is 8.54. The Balaban J connectivity index is 1.76. The van der Waals surface area contributed by atoms with Gasteiger partial charge >= 0.3 is 5.97 Å². The number of carboxylic acids is 1. The van der Waals surface area contributed by atoms with E-state index in [1.54, 1.807) is 18.2 Å². The Bertz CT molecular complexity index is 1050. The lowest BCUT2D eigenvalue weighted by Gasteiger charge is -2.15. The molecule has 1 heterocycles. The van der Waals surface area contributed by atoms with Crippen molar-refractivity contribution in [3.05, 3.63) is 66.0 Å². The maximum Gasteiger partial charge on any atom is 0.326 e. The molecule has 3 aromatic rings. The van der Waals surface area contributed by atoms with Crippen LogP contribution in [0.5, 0.6) is 0 Å². The van der Waals surface area contributed by atoms with Crippen molar-refractivity contribution in [1.29, 1.82) is 0 Å². The van der Waals surface area contributed by atoms with Crippen LogP contribution < -0.4 is 10.6 Å². The molecule has 0 bridgehead atoms. The van der Waals surface area contributed by atoms with Gasteiger partial charge in [0.2, 0.25) is 5.91 Å². The number of hydrogen-bond acceptors (Lipinski definition) is 5. The molecule has 3 rings (SSSR count). The molecule has 8 heteroatoms. The minimum Gasteiger partial charge on any atom is -0.480 e. The molecule has 0 spiro atoms. The summed E-state index contributed by atoms with van der Waals surface area (Å²) in [5.74, 6) is -2.01. The van der Waals surface area contributed by atoms with Gasteiger partial charge in [0.15, 0.2) is 0 Å². The largest absolute Gasteiger partial charge is 0.480 e. The molecule has 8 nitrogen and oxygen atoms in total. The Morgan fingerprint density at radius 1 is 1.07 bits per heavy atom. The van der Waals surface area contributed by atoms with Gasteiger partial charge in [0.05, 0.1) is 16.7 Å². The number of hydrogen-bond donors (Lipinski definition) is 3. The van der Waals surface area contributed by atoms with E-state index in [4.69, 9.17) is 0 Å². The molecule has 28 heavy (non-hydrogen) atoms. The van der Waals surface area contributed by atoms with Crippen LogP contribution in [0.3, 0.4) is 0 Å². The molecule has 0 unspecified atom stereocenters. The molecule has 0 saturated carbocycles. The van der Waals surface area contributed by atoms with E-state index in [9.17, 15) is 19.5 Å². The van der Waals surface area contributed by atoms with Gasteiger partial charge in [-0.15, -0.1) is 0 Å². The highest BCUT2D eigenvalue weighted by molar-refractivity contribution is 5.98. The Kier molecular flexibility index (Phi) is 5.59. The molecule has 0 aliphatic heterocycles. The van der Waals surface area contributed by atoms with Crippen molar-refractivity contribution in [2.75, 3.05) is 5.32 Å². The lowest BCUT2D eigenvalue weighted by molar-refractivity contribution is -0.139. The molecule has 1 aromatic heterocycles. The average Bonchev–Trinajstić information content (AvgIpc) is 2.67. The summed E-state index contributed by atoms with van der Waals surface area (Å²) in [5, 5.41) is 14.6. The van der Waals surface area contributed by atoms with Crippen molar-refractivity contribution < 1.29 is 19.5 Å². The van der Waals surface area contributed by atoms with Crippen molar-refractivity contribution in [3.8, 4) is 0 Å². The first kappa shape index (κ1) is 19.0. The van der Waals surface area contributed by atoms with Gasteiger partial charge in [0.25, 0.3) is 5.91 Å². The summed E-state index contributed by atoms with van der Waals surface area (Å²) >= 11 is 0. The third-order valence-electron chi connectivity index (χ3n) is 3.96. The number of fused-ring (bicyclic) bond motifs is 1. The van der Waals surface area contributed by atoms with Crippen LogP contribution in [0, 0.1) is 0 Å². The summed E-state index contributed by atoms with van der Waals surface area (Å²) in [6.07, 6.45) is 1.49. The zero-order valence-corrected chi connectivity index (χ0v) is 15.0. The normalized spacial score (nSPS) is 11.6. The molecular weight excluding hydrogens is 360 g/mol. The number of carbonyl (C=O) groups is 3. The molecule has 3 N–H and O–H groups in total. The maximum atomic E-state index is 12.5. The van der Waals surface area contributed by atoms with Crippen molar-refractivity contribution in [2.45, 2.75) is 19.4 Å². The van der Waals surface area contributed by atoms with E-state index >= 15 is 0 Å². The Morgan fingerprint density at radius 2 is 1.82 bits per heavy atom. The summed E-state index contributed by atoms with van der Waals surface area (Å²) in [6, 6.07) is 12.3. The minimum absolute atomic E-state index is 0.00963. The molecule has 0 saturated heterocycles. The number of aromatic nitrogens is 2. The molecule has 0 fully saturated rings. The number of rotatable bonds is 6. The van der Waals surface area contributed by atoms with Gasteiger partial charge in [-0.2, -0.15) is 0 Å². The molecule has 142 valence electrons. The van der Waals surface area contributed by atoms with Crippen LogP contribution in [0.4, 0.5) is 5.69 Å². The topological polar surface area (TPSA) is 121 Å². The number of amides is 2. The second kappa shape index (κ2) is 8.26. The van der Waals surface area contributed by atoms with E-state index in [2.05, 4.69) is 20.6 Å². The van der Waals surface area contributed by atoms with Crippen LogP contribution in [0.25, 0.3) is 11.0 Å². The number of carbonyl (C=O) groups excluding carboxylic acids is 2. The molecule has 1 atom stereocenters. The number of carboxylic acid groups (broad SMARTS) is 1. The molecule has 0 aliphatic rings. The Labute approximate surface area is 160 Å². The van der Waals surface area contributed by atoms with Gasteiger partial charge in [0.1, 0.15) is 6.04 Å². The van der Waals surface area contributed by atoms with Gasteiger partial charge in [-0.05, 0) is 30.3 Å². The van der Waals surface area contributed by atoms with Crippen molar-refractivity contribution in [1.82, 2.24) is 15.3 Å². The predicted molar refractivity (Wildman–Crippen MR) is 103 cm³/mol. The van der Waals surface area contributed by atoms with Crippen molar-refractivity contribution >= 4 is 34.5 Å². The lowest BCUT2D eigenvalue weighted by atomic mass is 10.1. The first-order chi connectivity index (χ1) is 13.4. The second-order valence-electron chi connectivity index (χ2n) is 6.18. The lowest BCUT2D eigenvalue weighted by Crippen LogP contribution is -2.42. The average molecular weight is 378 g/mol. The number of nitrogens with zero attached hydrogens (tertiary/aromatic N) is 2. The number of anilines is 1. The zero-order chi connectivity index (χ0) is 20.1. The van der Waals surface area contributed by atoms with Crippen LogP contribution in [-0.2, 0) is 16.0 Å². The van der Waals surface area contributed by atoms with E-state index in [1.165, 1.54) is 25.3 Å². The monoisotopic (exact) mass is 378 g/mol. The first-order valence-electron chi connectivity index (χ1n) is 8.54. The highest BCUT2D eigenvalue weighted by Gasteiger charge is 2.22. The summed E-state index contributed by atoms with van der Waals surface area (Å²) in [4.78, 5) is 43.9. The van der Waals surface area contributed by atoms with E-state index < -0.39 is 17.9 Å². The summed E-state index contributed by atoms with van der Waals surface area (Å²) in [5.41, 5.74) is 2.50. The van der Waals surface area contributed by atoms with Gasteiger partial charge in [-0.3, -0.25) is 14.6 Å². The highest BCUT2D eigenvalue weighted by Crippen LogP contribution is 2.12. The van der Waals surface area contributed by atoms with Crippen molar-refractivity contribution in [3.63, 3.8) is 0 Å². The van der Waals surface area contributed by atoms with Gasteiger partial charge < -0.3 is 15.7 Å². The summed E-state index contributed by atoms with van der Waals surface area (Å²) in [6.45, 7) is 1.36. The fraction of sp³-hybridized carbons (Fsp3) is 0.150. The van der Waals surface area contributed by atoms with Crippen LogP contribution in [0.1, 0.15) is 23.0 Å². The van der Waals surface area contributed by atoms with Crippen molar-refractivity contribution in [2.24, 2.45) is 0 Å². The van der Waals surface area contributed by atoms with Crippen LogP contribution in [0.2, 0.25) is 0 Å². The fourth-order valence-corrected chi connectivity index (χ4v) is 2.69. The molecular formula is C20H18N4O4. The molecule has 2 amide bonds. The maximum absolute atomic E-state index is 12.5. The van der Waals surface area contributed by atoms with E-state index in [0.29, 0.717) is 22.4 Å². The minimum atomic E-state index is -1.18. The second-order valence-corrected chi connectivity index (χ2v) is 6.18. The number of benzene rings is 2. The third-order valence-corrected chi connectivity index (χ3v) is 3.96. The van der Waals surface area contributed by atoms with Gasteiger partial charge in [-0.25, -0.2) is 9.78 Å². The zero-order valence-electron chi connectivity index (χ0n) is 15.0. The van der Waals surface area contributed by atoms with Gasteiger partial charge in [-0.1, -0.05) is 18.2 Å². The highest BCUT2D eigenvalue weighted by atomic mass is 16.4. The SMILES string of the molecule is CC(=O)Nc1cccc(C(=O)N[C@@H](Cc2cnc3ccccc3n2)C(=O)O)c1. The smallest absolute Gasteiger partial charge is 0.326 e. The van der Waals surface area contributed by atoms with Gasteiger partial charge in [0, 0.05) is 30.8 Å². The van der Waals surface area contributed by atoms with Crippen LogP contribution >= 0.6 is 0 Å². The Hall–Kier alpha value is -3.81. The summed E-state index contributed by atoms with van der Waals surface area (Å²) < 4.78 is 0. The summed E-state index contributed by atoms with van der Waals surface area (Å²) in [7, 11) is 0. The third kappa shape index (κ3) is 4.67. The fourth-order valence-electron chi connectivity index (χ4n) is 2.69. The Morgan fingerprint density at radius 3 is 2.54 bits per heavy atom. The molecule has 0 aliphatic carbocycles. The number of para-hydroxylation sites is 2. The van der Waals surface area contributed by atoms with Crippen LogP contribution in [0.15, 0.2) is 54.7 Å². The van der Waals surface area contributed by atoms with E-state index in [1.807, 2.05) is 18.2 Å². The van der Waals surface area contributed by atoms with E-state index in [-0.39, 0.29) is 17.9 Å². The van der Waals surface area contributed by atoms with Crippen LogP contribution in [-0.4, -0.2) is 38.9 Å². The predicted octanol–water partition coefficient (Wildman–Crippen LogP) is 2.01. The quantitative estimate of drug-likeness (QED) is 0.603. The number of aliphatic carboxylic acids is 1. The molecule has 2 aromatic carbocycles.